The molecule has 3 rings (SSSR count). The Kier molecular flexibility index (Phi) is 3.48. The van der Waals surface area contributed by atoms with E-state index in [0.29, 0.717) is 42.0 Å². The van der Waals surface area contributed by atoms with Crippen LogP contribution in [0.4, 0.5) is 5.69 Å². The molecular formula is C14H17ClN2O3. The molecule has 6 heteroatoms. The molecular weight excluding hydrogens is 280 g/mol. The van der Waals surface area contributed by atoms with E-state index in [9.17, 15) is 4.79 Å². The van der Waals surface area contributed by atoms with Gasteiger partial charge in [0.05, 0.1) is 16.1 Å². The highest BCUT2D eigenvalue weighted by molar-refractivity contribution is 6.34. The van der Waals surface area contributed by atoms with Gasteiger partial charge in [-0.1, -0.05) is 18.0 Å². The second-order valence-electron chi connectivity index (χ2n) is 5.27. The SMILES string of the molecule is NCC1(C(=O)Nc2cc3c(cc2Cl)OCCO3)CCC1. The number of ether oxygens (including phenoxy) is 2. The first kappa shape index (κ1) is 13.5. The zero-order chi connectivity index (χ0) is 14.2. The lowest BCUT2D eigenvalue weighted by Crippen LogP contribution is -2.47. The number of hydrogen-bond acceptors (Lipinski definition) is 4. The van der Waals surface area contributed by atoms with E-state index >= 15 is 0 Å². The van der Waals surface area contributed by atoms with Crippen LogP contribution in [0.15, 0.2) is 12.1 Å². The molecule has 0 unspecified atom stereocenters. The molecule has 0 aromatic heterocycles. The molecule has 1 aromatic carbocycles. The van der Waals surface area contributed by atoms with Crippen LogP contribution in [-0.2, 0) is 4.79 Å². The quantitative estimate of drug-likeness (QED) is 0.896. The summed E-state index contributed by atoms with van der Waals surface area (Å²) in [4.78, 5) is 12.3. The number of carbonyl (C=O) groups excluding carboxylic acids is 1. The maximum Gasteiger partial charge on any atom is 0.231 e. The van der Waals surface area contributed by atoms with E-state index in [0.717, 1.165) is 19.3 Å². The number of nitrogens with one attached hydrogen (secondary N) is 1. The van der Waals surface area contributed by atoms with Crippen molar-refractivity contribution >= 4 is 23.2 Å². The van der Waals surface area contributed by atoms with Gasteiger partial charge in [-0.05, 0) is 12.8 Å². The largest absolute Gasteiger partial charge is 0.486 e. The molecule has 0 saturated heterocycles. The average molecular weight is 297 g/mol. The molecule has 1 saturated carbocycles. The first-order valence-electron chi connectivity index (χ1n) is 6.75. The Morgan fingerprint density at radius 1 is 1.30 bits per heavy atom. The van der Waals surface area contributed by atoms with Crippen molar-refractivity contribution in [2.45, 2.75) is 19.3 Å². The molecule has 1 aliphatic carbocycles. The molecule has 0 atom stereocenters. The smallest absolute Gasteiger partial charge is 0.231 e. The van der Waals surface area contributed by atoms with Crippen LogP contribution in [0.5, 0.6) is 11.5 Å². The normalized spacial score (nSPS) is 19.1. The fourth-order valence-corrected chi connectivity index (χ4v) is 2.74. The molecule has 3 N–H and O–H groups in total. The molecule has 2 aliphatic rings. The molecule has 0 radical (unpaired) electrons. The summed E-state index contributed by atoms with van der Waals surface area (Å²) in [6, 6.07) is 3.37. The predicted octanol–water partition coefficient (Wildman–Crippen LogP) is 2.18. The van der Waals surface area contributed by atoms with Crippen molar-refractivity contribution in [3.63, 3.8) is 0 Å². The Labute approximate surface area is 122 Å². The zero-order valence-electron chi connectivity index (χ0n) is 11.1. The number of anilines is 1. The molecule has 5 nitrogen and oxygen atoms in total. The number of hydrogen-bond donors (Lipinski definition) is 2. The van der Waals surface area contributed by atoms with E-state index in [1.165, 1.54) is 0 Å². The second kappa shape index (κ2) is 5.14. The monoisotopic (exact) mass is 296 g/mol. The van der Waals surface area contributed by atoms with Crippen molar-refractivity contribution in [3.8, 4) is 11.5 Å². The summed E-state index contributed by atoms with van der Waals surface area (Å²) >= 11 is 6.18. The second-order valence-corrected chi connectivity index (χ2v) is 5.68. The van der Waals surface area contributed by atoms with E-state index in [-0.39, 0.29) is 5.91 Å². The van der Waals surface area contributed by atoms with Crippen molar-refractivity contribution in [1.82, 2.24) is 0 Å². The van der Waals surface area contributed by atoms with Crippen LogP contribution in [0, 0.1) is 5.41 Å². The fraction of sp³-hybridized carbons (Fsp3) is 0.500. The zero-order valence-corrected chi connectivity index (χ0v) is 11.8. The Morgan fingerprint density at radius 3 is 2.50 bits per heavy atom. The number of fused-ring (bicyclic) bond motifs is 1. The third-order valence-electron chi connectivity index (χ3n) is 4.06. The Balaban J connectivity index is 1.82. The van der Waals surface area contributed by atoms with E-state index < -0.39 is 5.41 Å². The molecule has 1 heterocycles. The van der Waals surface area contributed by atoms with Gasteiger partial charge in [0.1, 0.15) is 13.2 Å². The number of nitrogens with two attached hydrogens (primary N) is 1. The van der Waals surface area contributed by atoms with Crippen LogP contribution in [0.3, 0.4) is 0 Å². The first-order chi connectivity index (χ1) is 9.64. The lowest BCUT2D eigenvalue weighted by molar-refractivity contribution is -0.129. The van der Waals surface area contributed by atoms with Gasteiger partial charge in [0, 0.05) is 18.7 Å². The van der Waals surface area contributed by atoms with Crippen LogP contribution >= 0.6 is 11.6 Å². The predicted molar refractivity (Wildman–Crippen MR) is 76.4 cm³/mol. The van der Waals surface area contributed by atoms with E-state index in [4.69, 9.17) is 26.8 Å². The fourth-order valence-electron chi connectivity index (χ4n) is 2.54. The van der Waals surface area contributed by atoms with Crippen molar-refractivity contribution in [3.05, 3.63) is 17.2 Å². The van der Waals surface area contributed by atoms with Gasteiger partial charge in [-0.15, -0.1) is 0 Å². The van der Waals surface area contributed by atoms with E-state index in [1.54, 1.807) is 12.1 Å². The third kappa shape index (κ3) is 2.21. The van der Waals surface area contributed by atoms with Crippen molar-refractivity contribution < 1.29 is 14.3 Å². The number of carbonyl (C=O) groups is 1. The van der Waals surface area contributed by atoms with Gasteiger partial charge in [-0.2, -0.15) is 0 Å². The van der Waals surface area contributed by atoms with Crippen LogP contribution in [0.25, 0.3) is 0 Å². The summed E-state index contributed by atoms with van der Waals surface area (Å²) in [5.74, 6) is 1.15. The highest BCUT2D eigenvalue weighted by Crippen LogP contribution is 2.43. The lowest BCUT2D eigenvalue weighted by Gasteiger charge is -2.39. The molecule has 108 valence electrons. The summed E-state index contributed by atoms with van der Waals surface area (Å²) in [7, 11) is 0. The molecule has 0 bridgehead atoms. The summed E-state index contributed by atoms with van der Waals surface area (Å²) in [6.07, 6.45) is 2.70. The highest BCUT2D eigenvalue weighted by Gasteiger charge is 2.43. The van der Waals surface area contributed by atoms with Crippen molar-refractivity contribution in [2.75, 3.05) is 25.1 Å². The van der Waals surface area contributed by atoms with Gasteiger partial charge in [0.2, 0.25) is 5.91 Å². The first-order valence-corrected chi connectivity index (χ1v) is 7.13. The molecule has 1 amide bonds. The maximum atomic E-state index is 12.3. The maximum absolute atomic E-state index is 12.3. The van der Waals surface area contributed by atoms with Crippen LogP contribution < -0.4 is 20.5 Å². The van der Waals surface area contributed by atoms with Gasteiger partial charge in [0.15, 0.2) is 11.5 Å². The van der Waals surface area contributed by atoms with Crippen LogP contribution in [0.2, 0.25) is 5.02 Å². The third-order valence-corrected chi connectivity index (χ3v) is 4.38. The highest BCUT2D eigenvalue weighted by atomic mass is 35.5. The number of halogens is 1. The Hall–Kier alpha value is -1.46. The lowest BCUT2D eigenvalue weighted by atomic mass is 9.68. The Bertz CT molecular complexity index is 538. The van der Waals surface area contributed by atoms with Gasteiger partial charge >= 0.3 is 0 Å². The average Bonchev–Trinajstić information content (AvgIpc) is 2.39. The minimum absolute atomic E-state index is 0.0650. The van der Waals surface area contributed by atoms with Crippen molar-refractivity contribution in [2.24, 2.45) is 11.1 Å². The standard InChI is InChI=1S/C14H17ClN2O3/c15-9-6-11-12(20-5-4-19-11)7-10(9)17-13(18)14(8-16)2-1-3-14/h6-7H,1-5,8,16H2,(H,17,18). The van der Waals surface area contributed by atoms with Gasteiger partial charge < -0.3 is 20.5 Å². The number of rotatable bonds is 3. The van der Waals surface area contributed by atoms with Crippen LogP contribution in [-0.4, -0.2) is 25.7 Å². The summed E-state index contributed by atoms with van der Waals surface area (Å²) < 4.78 is 10.9. The topological polar surface area (TPSA) is 73.6 Å². The van der Waals surface area contributed by atoms with E-state index in [1.807, 2.05) is 0 Å². The number of benzene rings is 1. The minimum atomic E-state index is -0.434. The van der Waals surface area contributed by atoms with Gasteiger partial charge in [-0.25, -0.2) is 0 Å². The summed E-state index contributed by atoms with van der Waals surface area (Å²) in [5.41, 5.74) is 5.84. The summed E-state index contributed by atoms with van der Waals surface area (Å²) in [6.45, 7) is 1.36. The Morgan fingerprint density at radius 2 is 1.95 bits per heavy atom. The summed E-state index contributed by atoms with van der Waals surface area (Å²) in [5, 5.41) is 3.31. The van der Waals surface area contributed by atoms with Gasteiger partial charge in [0.25, 0.3) is 0 Å². The van der Waals surface area contributed by atoms with Gasteiger partial charge in [-0.3, -0.25) is 4.79 Å². The van der Waals surface area contributed by atoms with E-state index in [2.05, 4.69) is 5.32 Å². The minimum Gasteiger partial charge on any atom is -0.486 e. The number of amides is 1. The molecule has 1 fully saturated rings. The molecule has 1 aliphatic heterocycles. The molecule has 20 heavy (non-hydrogen) atoms. The molecule has 0 spiro atoms. The van der Waals surface area contributed by atoms with Crippen molar-refractivity contribution in [1.29, 1.82) is 0 Å². The molecule has 1 aromatic rings. The van der Waals surface area contributed by atoms with Crippen LogP contribution in [0.1, 0.15) is 19.3 Å².